The van der Waals surface area contributed by atoms with Crippen LogP contribution in [0.3, 0.4) is 0 Å². The molecule has 1 heterocycles. The molecule has 2 aromatic rings. The number of aromatic nitrogens is 2. The minimum absolute atomic E-state index is 0.0331. The third-order valence-corrected chi connectivity index (χ3v) is 2.43. The highest BCUT2D eigenvalue weighted by Gasteiger charge is 2.05. The topological polar surface area (TPSA) is 34.9 Å². The molecular weight excluding hydrogens is 212 g/mol. The van der Waals surface area contributed by atoms with Crippen molar-refractivity contribution in [1.29, 1.82) is 0 Å². The van der Waals surface area contributed by atoms with Gasteiger partial charge >= 0.3 is 0 Å². The van der Waals surface area contributed by atoms with Crippen LogP contribution < -0.4 is 5.56 Å². The standard InChI is InChI=1S/C14H14N2O/c1-11(2)9-16-10-15-8-13(14(16)17)12-6-4-3-5-7-12/h3-8,10H,1,9H2,2H3. The molecule has 0 aliphatic carbocycles. The van der Waals surface area contributed by atoms with Gasteiger partial charge in [0.05, 0.1) is 11.9 Å². The number of benzene rings is 1. The molecule has 0 spiro atoms. The van der Waals surface area contributed by atoms with E-state index in [0.717, 1.165) is 11.1 Å². The van der Waals surface area contributed by atoms with Crippen molar-refractivity contribution >= 4 is 0 Å². The fourth-order valence-electron chi connectivity index (χ4n) is 1.67. The average molecular weight is 226 g/mol. The molecule has 1 aromatic heterocycles. The molecule has 0 saturated carbocycles. The predicted molar refractivity (Wildman–Crippen MR) is 68.7 cm³/mol. The summed E-state index contributed by atoms with van der Waals surface area (Å²) in [5.74, 6) is 0. The quantitative estimate of drug-likeness (QED) is 0.754. The molecule has 0 bridgehead atoms. The second-order valence-electron chi connectivity index (χ2n) is 4.06. The molecule has 0 saturated heterocycles. The Morgan fingerprint density at radius 1 is 1.35 bits per heavy atom. The van der Waals surface area contributed by atoms with Gasteiger partial charge in [-0.15, -0.1) is 0 Å². The molecule has 0 radical (unpaired) electrons. The van der Waals surface area contributed by atoms with Gasteiger partial charge in [0.1, 0.15) is 0 Å². The summed E-state index contributed by atoms with van der Waals surface area (Å²) in [4.78, 5) is 16.3. The zero-order chi connectivity index (χ0) is 12.3. The van der Waals surface area contributed by atoms with E-state index in [0.29, 0.717) is 12.1 Å². The van der Waals surface area contributed by atoms with E-state index in [2.05, 4.69) is 11.6 Å². The van der Waals surface area contributed by atoms with Crippen LogP contribution in [0.15, 0.2) is 59.8 Å². The molecule has 1 aromatic carbocycles. The van der Waals surface area contributed by atoms with Crippen molar-refractivity contribution in [3.8, 4) is 11.1 Å². The van der Waals surface area contributed by atoms with Gasteiger partial charge in [0, 0.05) is 12.7 Å². The predicted octanol–water partition coefficient (Wildman–Crippen LogP) is 2.49. The molecule has 0 amide bonds. The molecule has 3 heteroatoms. The summed E-state index contributed by atoms with van der Waals surface area (Å²) in [5.41, 5.74) is 2.41. The highest BCUT2D eigenvalue weighted by Crippen LogP contribution is 2.12. The summed E-state index contributed by atoms with van der Waals surface area (Å²) >= 11 is 0. The van der Waals surface area contributed by atoms with Crippen LogP contribution >= 0.6 is 0 Å². The maximum atomic E-state index is 12.2. The van der Waals surface area contributed by atoms with E-state index in [-0.39, 0.29) is 5.56 Å². The lowest BCUT2D eigenvalue weighted by Gasteiger charge is -2.06. The zero-order valence-electron chi connectivity index (χ0n) is 9.76. The van der Waals surface area contributed by atoms with E-state index in [9.17, 15) is 4.79 Å². The van der Waals surface area contributed by atoms with Gasteiger partial charge in [-0.05, 0) is 12.5 Å². The van der Waals surface area contributed by atoms with Crippen molar-refractivity contribution in [2.24, 2.45) is 0 Å². The Morgan fingerprint density at radius 3 is 2.71 bits per heavy atom. The fraction of sp³-hybridized carbons (Fsp3) is 0.143. The monoisotopic (exact) mass is 226 g/mol. The van der Waals surface area contributed by atoms with Gasteiger partial charge in [0.25, 0.3) is 5.56 Å². The van der Waals surface area contributed by atoms with Crippen molar-refractivity contribution in [1.82, 2.24) is 9.55 Å². The Bertz CT molecular complexity index is 585. The maximum absolute atomic E-state index is 12.2. The van der Waals surface area contributed by atoms with Gasteiger partial charge in [-0.3, -0.25) is 9.36 Å². The molecule has 0 aliphatic heterocycles. The van der Waals surface area contributed by atoms with Crippen molar-refractivity contribution in [2.75, 3.05) is 0 Å². The number of hydrogen-bond donors (Lipinski definition) is 0. The summed E-state index contributed by atoms with van der Waals surface area (Å²) < 4.78 is 1.57. The van der Waals surface area contributed by atoms with Crippen molar-refractivity contribution < 1.29 is 0 Å². The fourth-order valence-corrected chi connectivity index (χ4v) is 1.67. The van der Waals surface area contributed by atoms with Crippen LogP contribution in [0, 0.1) is 0 Å². The van der Waals surface area contributed by atoms with Crippen LogP contribution in [0.4, 0.5) is 0 Å². The second kappa shape index (κ2) is 4.78. The lowest BCUT2D eigenvalue weighted by atomic mass is 10.1. The molecule has 86 valence electrons. The number of hydrogen-bond acceptors (Lipinski definition) is 2. The minimum atomic E-state index is -0.0331. The molecule has 0 fully saturated rings. The highest BCUT2D eigenvalue weighted by atomic mass is 16.1. The molecule has 0 atom stereocenters. The van der Waals surface area contributed by atoms with Gasteiger partial charge in [0.15, 0.2) is 0 Å². The van der Waals surface area contributed by atoms with E-state index in [4.69, 9.17) is 0 Å². The maximum Gasteiger partial charge on any atom is 0.261 e. The van der Waals surface area contributed by atoms with Gasteiger partial charge in [-0.25, -0.2) is 4.98 Å². The summed E-state index contributed by atoms with van der Waals surface area (Å²) in [6, 6.07) is 9.55. The Morgan fingerprint density at radius 2 is 2.06 bits per heavy atom. The first-order valence-electron chi connectivity index (χ1n) is 5.43. The van der Waals surface area contributed by atoms with Crippen LogP contribution in [-0.2, 0) is 6.54 Å². The second-order valence-corrected chi connectivity index (χ2v) is 4.06. The highest BCUT2D eigenvalue weighted by molar-refractivity contribution is 5.60. The first-order valence-corrected chi connectivity index (χ1v) is 5.43. The summed E-state index contributed by atoms with van der Waals surface area (Å²) in [5, 5.41) is 0. The lowest BCUT2D eigenvalue weighted by Crippen LogP contribution is -2.22. The first kappa shape index (κ1) is 11.3. The van der Waals surface area contributed by atoms with E-state index in [1.807, 2.05) is 37.3 Å². The molecule has 17 heavy (non-hydrogen) atoms. The molecule has 2 rings (SSSR count). The van der Waals surface area contributed by atoms with Gasteiger partial charge in [0.2, 0.25) is 0 Å². The number of rotatable bonds is 3. The van der Waals surface area contributed by atoms with Crippen LogP contribution in [0.1, 0.15) is 6.92 Å². The Hall–Kier alpha value is -2.16. The van der Waals surface area contributed by atoms with Crippen molar-refractivity contribution in [3.05, 3.63) is 65.4 Å². The van der Waals surface area contributed by atoms with Crippen molar-refractivity contribution in [3.63, 3.8) is 0 Å². The Labute approximate surface area is 100 Å². The SMILES string of the molecule is C=C(C)Cn1cncc(-c2ccccc2)c1=O. The van der Waals surface area contributed by atoms with Gasteiger partial charge in [-0.1, -0.05) is 42.5 Å². The third-order valence-electron chi connectivity index (χ3n) is 2.43. The molecular formula is C14H14N2O. The van der Waals surface area contributed by atoms with Gasteiger partial charge in [-0.2, -0.15) is 0 Å². The number of nitrogens with zero attached hydrogens (tertiary/aromatic N) is 2. The first-order chi connectivity index (χ1) is 8.18. The van der Waals surface area contributed by atoms with E-state index >= 15 is 0 Å². The third kappa shape index (κ3) is 2.50. The normalized spacial score (nSPS) is 10.2. The van der Waals surface area contributed by atoms with Crippen LogP contribution in [0.5, 0.6) is 0 Å². The summed E-state index contributed by atoms with van der Waals surface area (Å²) in [6.45, 7) is 6.20. The van der Waals surface area contributed by atoms with E-state index in [1.165, 1.54) is 0 Å². The number of allylic oxidation sites excluding steroid dienone is 1. The van der Waals surface area contributed by atoms with Crippen molar-refractivity contribution in [2.45, 2.75) is 13.5 Å². The van der Waals surface area contributed by atoms with Crippen LogP contribution in [0.25, 0.3) is 11.1 Å². The molecule has 3 nitrogen and oxygen atoms in total. The smallest absolute Gasteiger partial charge is 0.261 e. The van der Waals surface area contributed by atoms with Crippen LogP contribution in [0.2, 0.25) is 0 Å². The van der Waals surface area contributed by atoms with E-state index in [1.54, 1.807) is 17.1 Å². The molecule has 0 N–H and O–H groups in total. The lowest BCUT2D eigenvalue weighted by molar-refractivity contribution is 0.729. The summed E-state index contributed by atoms with van der Waals surface area (Å²) in [7, 11) is 0. The Kier molecular flexibility index (Phi) is 3.19. The Balaban J connectivity index is 2.50. The van der Waals surface area contributed by atoms with Gasteiger partial charge < -0.3 is 0 Å². The largest absolute Gasteiger partial charge is 0.295 e. The van der Waals surface area contributed by atoms with E-state index < -0.39 is 0 Å². The minimum Gasteiger partial charge on any atom is -0.295 e. The molecule has 0 aliphatic rings. The molecule has 0 unspecified atom stereocenters. The zero-order valence-corrected chi connectivity index (χ0v) is 9.76. The summed E-state index contributed by atoms with van der Waals surface area (Å²) in [6.07, 6.45) is 3.15. The average Bonchev–Trinajstić information content (AvgIpc) is 2.32. The van der Waals surface area contributed by atoms with Crippen LogP contribution in [-0.4, -0.2) is 9.55 Å².